The quantitative estimate of drug-likeness (QED) is 0.645. The monoisotopic (exact) mass is 363 g/mol. The molecule has 1 N–H and O–H groups in total. The Hall–Kier alpha value is -2.94. The van der Waals surface area contributed by atoms with Crippen molar-refractivity contribution in [3.63, 3.8) is 0 Å². The molecule has 0 radical (unpaired) electrons. The van der Waals surface area contributed by atoms with Crippen LogP contribution in [-0.4, -0.2) is 33.3 Å². The summed E-state index contributed by atoms with van der Waals surface area (Å²) in [6.07, 6.45) is 0. The van der Waals surface area contributed by atoms with Crippen LogP contribution < -0.4 is 10.2 Å². The number of nitrogens with zero attached hydrogens (tertiary/aromatic N) is 2. The third-order valence-corrected chi connectivity index (χ3v) is 5.23. The van der Waals surface area contributed by atoms with E-state index in [1.807, 2.05) is 0 Å². The van der Waals surface area contributed by atoms with Crippen molar-refractivity contribution in [3.8, 4) is 0 Å². The highest BCUT2D eigenvalue weighted by molar-refractivity contribution is 7.91. The van der Waals surface area contributed by atoms with Gasteiger partial charge in [-0.2, -0.15) is 0 Å². The second-order valence-corrected chi connectivity index (χ2v) is 7.43. The molecular weight excluding hydrogens is 346 g/mol. The average molecular weight is 363 g/mol. The number of nitrogens with one attached hydrogen (secondary N) is 1. The van der Waals surface area contributed by atoms with E-state index in [1.165, 1.54) is 48.2 Å². The molecule has 2 rings (SSSR count). The van der Waals surface area contributed by atoms with E-state index in [-0.39, 0.29) is 27.1 Å². The van der Waals surface area contributed by atoms with E-state index >= 15 is 0 Å². The van der Waals surface area contributed by atoms with Crippen LogP contribution in [0.25, 0.3) is 0 Å². The Labute approximate surface area is 145 Å². The fraction of sp³-hybridized carbons (Fsp3) is 0.188. The minimum atomic E-state index is -3.88. The Morgan fingerprint density at radius 3 is 2.20 bits per heavy atom. The third kappa shape index (κ3) is 3.94. The number of benzene rings is 2. The molecule has 0 aliphatic rings. The van der Waals surface area contributed by atoms with Crippen molar-refractivity contribution in [2.75, 3.05) is 24.3 Å². The number of anilines is 2. The van der Waals surface area contributed by atoms with Gasteiger partial charge in [-0.25, -0.2) is 8.42 Å². The Morgan fingerprint density at radius 1 is 1.12 bits per heavy atom. The topological polar surface area (TPSA) is 110 Å². The van der Waals surface area contributed by atoms with Crippen LogP contribution in [0.5, 0.6) is 0 Å². The summed E-state index contributed by atoms with van der Waals surface area (Å²) in [5.41, 5.74) is 0.506. The smallest absolute Gasteiger partial charge is 0.271 e. The zero-order valence-electron chi connectivity index (χ0n) is 13.9. The van der Waals surface area contributed by atoms with Crippen molar-refractivity contribution in [1.82, 2.24) is 0 Å². The standard InChI is InChI=1S/C16H17N3O5S/c1-11(20)17-12-4-7-14(8-5-12)25(23,24)16-9-6-13(19(21)22)10-15(16)18(2)3/h4-10H,1-3H3,(H,17,20). The molecule has 25 heavy (non-hydrogen) atoms. The second-order valence-electron chi connectivity index (χ2n) is 5.51. The summed E-state index contributed by atoms with van der Waals surface area (Å²) < 4.78 is 25.8. The van der Waals surface area contributed by atoms with E-state index in [4.69, 9.17) is 0 Å². The molecular formula is C16H17N3O5S. The maximum atomic E-state index is 12.9. The molecule has 0 saturated carbocycles. The van der Waals surface area contributed by atoms with E-state index in [0.29, 0.717) is 5.69 Å². The van der Waals surface area contributed by atoms with Crippen molar-refractivity contribution in [3.05, 3.63) is 52.6 Å². The van der Waals surface area contributed by atoms with Gasteiger partial charge in [-0.15, -0.1) is 0 Å². The predicted octanol–water partition coefficient (Wildman–Crippen LogP) is 2.45. The van der Waals surface area contributed by atoms with Crippen molar-refractivity contribution in [2.24, 2.45) is 0 Å². The number of rotatable bonds is 5. The number of non-ortho nitro benzene ring substituents is 1. The van der Waals surface area contributed by atoms with Crippen LogP contribution in [0.3, 0.4) is 0 Å². The lowest BCUT2D eigenvalue weighted by Gasteiger charge is -2.17. The van der Waals surface area contributed by atoms with Crippen molar-refractivity contribution in [1.29, 1.82) is 0 Å². The van der Waals surface area contributed by atoms with E-state index in [0.717, 1.165) is 6.07 Å². The number of nitro benzene ring substituents is 1. The summed E-state index contributed by atoms with van der Waals surface area (Å²) >= 11 is 0. The van der Waals surface area contributed by atoms with E-state index in [9.17, 15) is 23.3 Å². The molecule has 8 nitrogen and oxygen atoms in total. The van der Waals surface area contributed by atoms with Gasteiger partial charge in [0.15, 0.2) is 0 Å². The minimum absolute atomic E-state index is 0.0264. The predicted molar refractivity (Wildman–Crippen MR) is 93.6 cm³/mol. The maximum absolute atomic E-state index is 12.9. The lowest BCUT2D eigenvalue weighted by Crippen LogP contribution is -2.15. The highest BCUT2D eigenvalue weighted by Crippen LogP contribution is 2.32. The van der Waals surface area contributed by atoms with E-state index < -0.39 is 14.8 Å². The molecule has 0 unspecified atom stereocenters. The molecule has 0 bridgehead atoms. The number of amides is 1. The fourth-order valence-corrected chi connectivity index (χ4v) is 3.76. The molecule has 1 amide bonds. The van der Waals surface area contributed by atoms with E-state index in [2.05, 4.69) is 5.32 Å². The number of hydrogen-bond acceptors (Lipinski definition) is 6. The number of hydrogen-bond donors (Lipinski definition) is 1. The summed E-state index contributed by atoms with van der Waals surface area (Å²) in [7, 11) is -0.661. The number of carbonyl (C=O) groups excluding carboxylic acids is 1. The molecule has 0 saturated heterocycles. The number of nitro groups is 1. The first-order chi connectivity index (χ1) is 11.6. The average Bonchev–Trinajstić information content (AvgIpc) is 2.54. The van der Waals surface area contributed by atoms with Crippen LogP contribution in [0.15, 0.2) is 52.3 Å². The van der Waals surface area contributed by atoms with Gasteiger partial charge >= 0.3 is 0 Å². The highest BCUT2D eigenvalue weighted by Gasteiger charge is 2.24. The highest BCUT2D eigenvalue weighted by atomic mass is 32.2. The van der Waals surface area contributed by atoms with Crippen LogP contribution in [0.2, 0.25) is 0 Å². The molecule has 2 aromatic rings. The summed E-state index contributed by atoms with van der Waals surface area (Å²) in [5, 5.41) is 13.5. The first kappa shape index (κ1) is 18.4. The Morgan fingerprint density at radius 2 is 1.72 bits per heavy atom. The zero-order valence-corrected chi connectivity index (χ0v) is 14.7. The van der Waals surface area contributed by atoms with Gasteiger partial charge < -0.3 is 10.2 Å². The van der Waals surface area contributed by atoms with Gasteiger partial charge in [-0.05, 0) is 30.3 Å². The molecule has 9 heteroatoms. The number of sulfone groups is 1. The first-order valence-corrected chi connectivity index (χ1v) is 8.70. The van der Waals surface area contributed by atoms with Crippen molar-refractivity contribution in [2.45, 2.75) is 16.7 Å². The third-order valence-electron chi connectivity index (χ3n) is 3.41. The lowest BCUT2D eigenvalue weighted by atomic mass is 10.2. The molecule has 0 heterocycles. The van der Waals surface area contributed by atoms with Gasteiger partial charge in [0.2, 0.25) is 15.7 Å². The van der Waals surface area contributed by atoms with Gasteiger partial charge in [0, 0.05) is 38.8 Å². The van der Waals surface area contributed by atoms with Gasteiger partial charge in [-0.1, -0.05) is 0 Å². The van der Waals surface area contributed by atoms with Crippen LogP contribution in [0, 0.1) is 10.1 Å². The first-order valence-electron chi connectivity index (χ1n) is 7.21. The summed E-state index contributed by atoms with van der Waals surface area (Å²) in [6, 6.07) is 9.32. The van der Waals surface area contributed by atoms with Gasteiger partial charge in [0.1, 0.15) is 0 Å². The zero-order chi connectivity index (χ0) is 18.8. The van der Waals surface area contributed by atoms with Crippen LogP contribution >= 0.6 is 0 Å². The Kier molecular flexibility index (Phi) is 5.07. The second kappa shape index (κ2) is 6.89. The molecule has 0 atom stereocenters. The molecule has 132 valence electrons. The van der Waals surface area contributed by atoms with Gasteiger partial charge in [0.25, 0.3) is 5.69 Å². The molecule has 2 aromatic carbocycles. The molecule has 0 spiro atoms. The molecule has 0 aliphatic heterocycles. The van der Waals surface area contributed by atoms with Crippen LogP contribution in [-0.2, 0) is 14.6 Å². The van der Waals surface area contributed by atoms with Crippen LogP contribution in [0.4, 0.5) is 17.1 Å². The molecule has 0 aromatic heterocycles. The van der Waals surface area contributed by atoms with Gasteiger partial charge in [0.05, 0.1) is 20.4 Å². The maximum Gasteiger partial charge on any atom is 0.271 e. The number of carbonyl (C=O) groups is 1. The molecule has 0 aliphatic carbocycles. The Balaban J connectivity index is 2.52. The van der Waals surface area contributed by atoms with Gasteiger partial charge in [-0.3, -0.25) is 14.9 Å². The summed E-state index contributed by atoms with van der Waals surface area (Å²) in [5.74, 6) is -0.263. The van der Waals surface area contributed by atoms with Crippen molar-refractivity contribution >= 4 is 32.8 Å². The van der Waals surface area contributed by atoms with E-state index in [1.54, 1.807) is 14.1 Å². The van der Waals surface area contributed by atoms with Crippen LogP contribution in [0.1, 0.15) is 6.92 Å². The lowest BCUT2D eigenvalue weighted by molar-refractivity contribution is -0.384. The molecule has 0 fully saturated rings. The summed E-state index contributed by atoms with van der Waals surface area (Å²) in [6.45, 7) is 1.35. The van der Waals surface area contributed by atoms with Crippen molar-refractivity contribution < 1.29 is 18.1 Å². The fourth-order valence-electron chi connectivity index (χ4n) is 2.24. The summed E-state index contributed by atoms with van der Waals surface area (Å²) in [4.78, 5) is 22.9. The minimum Gasteiger partial charge on any atom is -0.376 e. The largest absolute Gasteiger partial charge is 0.376 e. The normalized spacial score (nSPS) is 11.0. The SMILES string of the molecule is CC(=O)Nc1ccc(S(=O)(=O)c2ccc([N+](=O)[O-])cc2N(C)C)cc1. The Bertz CT molecular complexity index is 921.